The number of aliphatic hydroxyl groups is 1. The van der Waals surface area contributed by atoms with Crippen LogP contribution in [0.5, 0.6) is 0 Å². The van der Waals surface area contributed by atoms with Crippen LogP contribution in [0.1, 0.15) is 92.9 Å². The number of carbonyl (C=O) groups is 1. The topological polar surface area (TPSA) is 50.2 Å². The summed E-state index contributed by atoms with van der Waals surface area (Å²) in [6.07, 6.45) is 4.76. The molecule has 2 aromatic heterocycles. The number of nitrogens with zero attached hydrogens (tertiary/aromatic N) is 1. The van der Waals surface area contributed by atoms with Gasteiger partial charge in [0.25, 0.3) is 0 Å². The van der Waals surface area contributed by atoms with Gasteiger partial charge in [-0.3, -0.25) is 9.78 Å². The Morgan fingerprint density at radius 2 is 1.31 bits per heavy atom. The van der Waals surface area contributed by atoms with Crippen LogP contribution in [0, 0.1) is 60.8 Å². The van der Waals surface area contributed by atoms with Crippen molar-refractivity contribution >= 4 is 74.6 Å². The smallest absolute Gasteiger partial charge is 0.162 e. The number of aromatic nitrogens is 1. The second-order valence-electron chi connectivity index (χ2n) is 21.5. The van der Waals surface area contributed by atoms with Gasteiger partial charge < -0.3 is 5.11 Å². The maximum Gasteiger partial charge on any atom is 0.162 e. The Balaban J connectivity index is 0.000000384. The van der Waals surface area contributed by atoms with Crippen molar-refractivity contribution in [1.29, 1.82) is 0 Å². The van der Waals surface area contributed by atoms with Crippen LogP contribution in [0.4, 0.5) is 0 Å². The van der Waals surface area contributed by atoms with Crippen LogP contribution < -0.4 is 10.4 Å². The van der Waals surface area contributed by atoms with Crippen LogP contribution >= 0.6 is 11.3 Å². The van der Waals surface area contributed by atoms with Crippen molar-refractivity contribution in [2.24, 2.45) is 40.9 Å². The van der Waals surface area contributed by atoms with Gasteiger partial charge in [0, 0.05) is 59.3 Å². The zero-order valence-electron chi connectivity index (χ0n) is 39.3. The third kappa shape index (κ3) is 11.7. The Kier molecular flexibility index (Phi) is 16.4. The van der Waals surface area contributed by atoms with Gasteiger partial charge in [0.1, 0.15) is 0 Å². The molecule has 1 N–H and O–H groups in total. The standard InChI is InChI=1S/C34H42NSSi2.C17H32O2.Ir/c1-21-14-24-17-25(18-29(37(6,7)8)27(24)15-22(21)2)32-33-31(30(20-35-32)38(9,10)11)26-13-12-23(16-28(26)36-33)19-34(3,4)5;1-10(2)16(11(3)4)14(18)9-15(19)17(12(5)6)13(7)8;/h12-16,18,20H,19H2,1-11H3;9-13,16-18H,1-8H3;/q-1;;/b;14-9-;. The maximum atomic E-state index is 12.3. The zero-order valence-corrected chi connectivity index (χ0v) is 44.5. The van der Waals surface area contributed by atoms with E-state index in [0.29, 0.717) is 23.7 Å². The summed E-state index contributed by atoms with van der Waals surface area (Å²) in [6, 6.07) is 18.1. The van der Waals surface area contributed by atoms with Crippen molar-refractivity contribution in [3.63, 3.8) is 0 Å². The molecule has 7 heteroatoms. The number of ketones is 1. The second-order valence-corrected chi connectivity index (χ2v) is 32.6. The number of benzene rings is 3. The predicted octanol–water partition coefficient (Wildman–Crippen LogP) is 14.2. The summed E-state index contributed by atoms with van der Waals surface area (Å²) in [6.45, 7) is 42.7. The molecular weight excluding hydrogens is 939 g/mol. The Morgan fingerprint density at radius 3 is 1.81 bits per heavy atom. The van der Waals surface area contributed by atoms with Crippen LogP contribution in [0.2, 0.25) is 39.3 Å². The number of aryl methyl sites for hydroxylation is 2. The number of carbonyl (C=O) groups excluding carboxylic acids is 1. The van der Waals surface area contributed by atoms with Gasteiger partial charge in [-0.1, -0.05) is 156 Å². The van der Waals surface area contributed by atoms with Crippen LogP contribution in [-0.2, 0) is 31.3 Å². The molecule has 0 atom stereocenters. The molecular formula is C51H74IrNO2SSi2-. The van der Waals surface area contributed by atoms with E-state index in [2.05, 4.69) is 178 Å². The second kappa shape index (κ2) is 19.1. The first-order valence-corrected chi connectivity index (χ1v) is 29.2. The fourth-order valence-corrected chi connectivity index (χ4v) is 13.3. The first-order valence-electron chi connectivity index (χ1n) is 21.4. The number of hydrogen-bond donors (Lipinski definition) is 1. The van der Waals surface area contributed by atoms with Gasteiger partial charge in [0.05, 0.1) is 21.9 Å². The summed E-state index contributed by atoms with van der Waals surface area (Å²) >= 11 is 1.93. The van der Waals surface area contributed by atoms with Crippen molar-refractivity contribution in [2.45, 2.75) is 136 Å². The van der Waals surface area contributed by atoms with E-state index in [0.717, 1.165) is 17.7 Å². The molecule has 3 aromatic carbocycles. The van der Waals surface area contributed by atoms with E-state index < -0.39 is 16.1 Å². The first-order chi connectivity index (χ1) is 26.1. The minimum Gasteiger partial charge on any atom is -0.512 e. The molecule has 0 amide bonds. The molecule has 1 radical (unpaired) electrons. The number of rotatable bonds is 11. The third-order valence-electron chi connectivity index (χ3n) is 11.5. The molecule has 0 aliphatic carbocycles. The average Bonchev–Trinajstić information content (AvgIpc) is 3.40. The molecule has 3 nitrogen and oxygen atoms in total. The molecule has 0 bridgehead atoms. The molecule has 319 valence electrons. The van der Waals surface area contributed by atoms with Gasteiger partial charge in [-0.15, -0.1) is 40.1 Å². The fourth-order valence-electron chi connectivity index (χ4n) is 8.82. The van der Waals surface area contributed by atoms with Crippen LogP contribution in [-0.4, -0.2) is 32.0 Å². The molecule has 2 heterocycles. The Morgan fingerprint density at radius 1 is 0.776 bits per heavy atom. The number of thiophene rings is 1. The van der Waals surface area contributed by atoms with Crippen molar-refractivity contribution in [3.05, 3.63) is 77.2 Å². The van der Waals surface area contributed by atoms with Gasteiger partial charge in [-0.25, -0.2) is 0 Å². The minimum atomic E-state index is -1.61. The van der Waals surface area contributed by atoms with Gasteiger partial charge >= 0.3 is 0 Å². The summed E-state index contributed by atoms with van der Waals surface area (Å²) in [5.74, 6) is 1.63. The SMILES string of the molecule is CC(C)C(C(=O)/C=C(\O)C(C(C)C)C(C)C)C(C)C.Cc1cc2[c-]c(-c3ncc([Si](C)(C)C)c4c3sc3cc(CC(C)(C)C)ccc34)cc([Si](C)(C)C)c2cc1C.[Ir]. The van der Waals surface area contributed by atoms with E-state index >= 15 is 0 Å². The van der Waals surface area contributed by atoms with Crippen molar-refractivity contribution in [3.8, 4) is 11.3 Å². The molecule has 0 saturated heterocycles. The quantitative estimate of drug-likeness (QED) is 0.0621. The molecule has 0 unspecified atom stereocenters. The van der Waals surface area contributed by atoms with Gasteiger partial charge in [0.2, 0.25) is 0 Å². The molecule has 5 aromatic rings. The minimum absolute atomic E-state index is 0. The van der Waals surface area contributed by atoms with E-state index in [4.69, 9.17) is 4.98 Å². The predicted molar refractivity (Wildman–Crippen MR) is 260 cm³/mol. The maximum absolute atomic E-state index is 12.3. The summed E-state index contributed by atoms with van der Waals surface area (Å²) in [7, 11) is -3.22. The molecule has 0 aliphatic rings. The van der Waals surface area contributed by atoms with Crippen molar-refractivity contribution in [2.75, 3.05) is 0 Å². The monoisotopic (exact) mass is 1010 g/mol. The summed E-state index contributed by atoms with van der Waals surface area (Å²) in [5, 5.41) is 18.6. The van der Waals surface area contributed by atoms with Crippen molar-refractivity contribution < 1.29 is 30.0 Å². The summed E-state index contributed by atoms with van der Waals surface area (Å²) in [5.41, 5.74) is 6.61. The molecule has 0 fully saturated rings. The van der Waals surface area contributed by atoms with Gasteiger partial charge in [0.15, 0.2) is 5.78 Å². The number of aliphatic hydroxyl groups excluding tert-OH is 1. The summed E-state index contributed by atoms with van der Waals surface area (Å²) in [4.78, 5) is 17.6. The average molecular weight is 1010 g/mol. The molecule has 0 aliphatic heterocycles. The van der Waals surface area contributed by atoms with Gasteiger partial charge in [-0.2, -0.15) is 0 Å². The number of hydrogen-bond acceptors (Lipinski definition) is 4. The van der Waals surface area contributed by atoms with E-state index in [1.807, 2.05) is 11.3 Å². The zero-order chi connectivity index (χ0) is 43.1. The first kappa shape index (κ1) is 49.9. The van der Waals surface area contributed by atoms with Crippen LogP contribution in [0.15, 0.2) is 54.4 Å². The van der Waals surface area contributed by atoms with Crippen LogP contribution in [0.3, 0.4) is 0 Å². The molecule has 0 spiro atoms. The summed E-state index contributed by atoms with van der Waals surface area (Å²) < 4.78 is 2.71. The van der Waals surface area contributed by atoms with Gasteiger partial charge in [-0.05, 0) is 76.9 Å². The van der Waals surface area contributed by atoms with Crippen LogP contribution in [0.25, 0.3) is 42.2 Å². The fraction of sp³-hybridized carbons (Fsp3) is 0.529. The van der Waals surface area contributed by atoms with E-state index in [9.17, 15) is 9.90 Å². The number of allylic oxidation sites excluding steroid dienone is 2. The van der Waals surface area contributed by atoms with E-state index in [-0.39, 0.29) is 48.9 Å². The molecule has 0 saturated carbocycles. The Hall–Kier alpha value is -2.42. The third-order valence-corrected chi connectivity index (χ3v) is 16.7. The molecule has 58 heavy (non-hydrogen) atoms. The molecule has 5 rings (SSSR count). The Bertz CT molecular complexity index is 2250. The Labute approximate surface area is 372 Å². The number of pyridine rings is 1. The van der Waals surface area contributed by atoms with E-state index in [1.54, 1.807) is 0 Å². The number of fused-ring (bicyclic) bond motifs is 4. The largest absolute Gasteiger partial charge is 0.512 e. The van der Waals surface area contributed by atoms with Crippen molar-refractivity contribution in [1.82, 2.24) is 4.98 Å². The van der Waals surface area contributed by atoms with E-state index in [1.165, 1.54) is 64.1 Å². The normalized spacial score (nSPS) is 13.2.